The van der Waals surface area contributed by atoms with Crippen LogP contribution >= 0.6 is 11.8 Å². The van der Waals surface area contributed by atoms with Crippen LogP contribution in [0.15, 0.2) is 70.6 Å². The minimum atomic E-state index is 0.681. The van der Waals surface area contributed by atoms with Gasteiger partial charge in [0.25, 0.3) is 0 Å². The molecule has 0 N–H and O–H groups in total. The van der Waals surface area contributed by atoms with Gasteiger partial charge in [0, 0.05) is 21.4 Å². The molecule has 0 radical (unpaired) electrons. The van der Waals surface area contributed by atoms with Crippen molar-refractivity contribution in [3.8, 4) is 6.07 Å². The lowest BCUT2D eigenvalue weighted by atomic mass is 10.2. The van der Waals surface area contributed by atoms with Crippen LogP contribution in [0.2, 0.25) is 0 Å². The molecule has 19 heavy (non-hydrogen) atoms. The van der Waals surface area contributed by atoms with E-state index in [2.05, 4.69) is 29.3 Å². The molecule has 0 bridgehead atoms. The summed E-state index contributed by atoms with van der Waals surface area (Å²) in [5.74, 6) is 0. The largest absolute Gasteiger partial charge is 0.255 e. The molecule has 0 aliphatic rings. The third-order valence-electron chi connectivity index (χ3n) is 2.81. The Hall–Kier alpha value is -2.31. The minimum absolute atomic E-state index is 0.681. The number of nitrogens with zero attached hydrogens (tertiary/aromatic N) is 2. The molecule has 2 aromatic carbocycles. The highest BCUT2D eigenvalue weighted by Crippen LogP contribution is 2.32. The summed E-state index contributed by atoms with van der Waals surface area (Å²) in [7, 11) is 0. The van der Waals surface area contributed by atoms with Gasteiger partial charge < -0.3 is 0 Å². The Balaban J connectivity index is 1.99. The van der Waals surface area contributed by atoms with E-state index in [-0.39, 0.29) is 0 Å². The van der Waals surface area contributed by atoms with E-state index in [1.807, 2.05) is 42.6 Å². The molecule has 0 aliphatic heterocycles. The smallest absolute Gasteiger partial charge is 0.0991 e. The second kappa shape index (κ2) is 5.13. The molecular weight excluding hydrogens is 252 g/mol. The van der Waals surface area contributed by atoms with Crippen molar-refractivity contribution in [2.75, 3.05) is 0 Å². The van der Waals surface area contributed by atoms with Gasteiger partial charge in [-0.1, -0.05) is 30.0 Å². The van der Waals surface area contributed by atoms with E-state index in [9.17, 15) is 0 Å². The molecule has 0 saturated heterocycles. The summed E-state index contributed by atoms with van der Waals surface area (Å²) in [6, 6.07) is 19.9. The van der Waals surface area contributed by atoms with Crippen LogP contribution in [0.3, 0.4) is 0 Å². The highest BCUT2D eigenvalue weighted by Gasteiger charge is 2.03. The zero-order chi connectivity index (χ0) is 13.1. The lowest BCUT2D eigenvalue weighted by molar-refractivity contribution is 1.34. The van der Waals surface area contributed by atoms with Gasteiger partial charge in [0.15, 0.2) is 0 Å². The van der Waals surface area contributed by atoms with Crippen molar-refractivity contribution in [3.63, 3.8) is 0 Å². The first-order valence-corrected chi connectivity index (χ1v) is 6.70. The van der Waals surface area contributed by atoms with E-state index >= 15 is 0 Å². The Kier molecular flexibility index (Phi) is 3.18. The maximum atomic E-state index is 8.79. The summed E-state index contributed by atoms with van der Waals surface area (Å²) >= 11 is 1.66. The predicted molar refractivity (Wildman–Crippen MR) is 77.0 cm³/mol. The average molecular weight is 262 g/mol. The van der Waals surface area contributed by atoms with Crippen LogP contribution in [0.4, 0.5) is 0 Å². The van der Waals surface area contributed by atoms with Crippen molar-refractivity contribution in [1.82, 2.24) is 4.98 Å². The maximum absolute atomic E-state index is 8.79. The molecule has 0 atom stereocenters. The third kappa shape index (κ3) is 2.44. The van der Waals surface area contributed by atoms with E-state index < -0.39 is 0 Å². The SMILES string of the molecule is N#Cc1ccc(Sc2cccc3cccnc23)cc1. The summed E-state index contributed by atoms with van der Waals surface area (Å²) < 4.78 is 0. The zero-order valence-corrected chi connectivity index (χ0v) is 10.9. The second-order valence-corrected chi connectivity index (χ2v) is 5.18. The summed E-state index contributed by atoms with van der Waals surface area (Å²) in [5, 5.41) is 9.93. The van der Waals surface area contributed by atoms with Gasteiger partial charge in [-0.05, 0) is 36.4 Å². The highest BCUT2D eigenvalue weighted by molar-refractivity contribution is 7.99. The number of nitriles is 1. The molecule has 0 saturated carbocycles. The van der Waals surface area contributed by atoms with Gasteiger partial charge in [-0.3, -0.25) is 4.98 Å². The van der Waals surface area contributed by atoms with Crippen molar-refractivity contribution in [1.29, 1.82) is 5.26 Å². The Morgan fingerprint density at radius 3 is 2.53 bits per heavy atom. The molecule has 3 heteroatoms. The van der Waals surface area contributed by atoms with Crippen LogP contribution in [0.25, 0.3) is 10.9 Å². The van der Waals surface area contributed by atoms with Crippen LogP contribution in [-0.4, -0.2) is 4.98 Å². The van der Waals surface area contributed by atoms with Crippen molar-refractivity contribution in [2.45, 2.75) is 9.79 Å². The molecule has 3 rings (SSSR count). The van der Waals surface area contributed by atoms with Crippen LogP contribution in [0.1, 0.15) is 5.56 Å². The van der Waals surface area contributed by atoms with Crippen LogP contribution in [0, 0.1) is 11.3 Å². The highest BCUT2D eigenvalue weighted by atomic mass is 32.2. The van der Waals surface area contributed by atoms with Crippen molar-refractivity contribution in [2.24, 2.45) is 0 Å². The predicted octanol–water partition coefficient (Wildman–Crippen LogP) is 4.26. The van der Waals surface area contributed by atoms with Gasteiger partial charge in [-0.2, -0.15) is 5.26 Å². The molecule has 1 aromatic heterocycles. The number of pyridine rings is 1. The molecule has 1 heterocycles. The van der Waals surface area contributed by atoms with Gasteiger partial charge in [0.1, 0.15) is 0 Å². The Morgan fingerprint density at radius 1 is 0.947 bits per heavy atom. The first-order valence-electron chi connectivity index (χ1n) is 5.88. The van der Waals surface area contributed by atoms with Gasteiger partial charge in [0.2, 0.25) is 0 Å². The van der Waals surface area contributed by atoms with Crippen molar-refractivity contribution >= 4 is 22.7 Å². The van der Waals surface area contributed by atoms with Crippen LogP contribution < -0.4 is 0 Å². The number of hydrogen-bond acceptors (Lipinski definition) is 3. The van der Waals surface area contributed by atoms with E-state index in [1.54, 1.807) is 11.8 Å². The number of rotatable bonds is 2. The normalized spacial score (nSPS) is 10.3. The fraction of sp³-hybridized carbons (Fsp3) is 0. The molecule has 0 fully saturated rings. The minimum Gasteiger partial charge on any atom is -0.255 e. The van der Waals surface area contributed by atoms with E-state index in [0.29, 0.717) is 5.56 Å². The van der Waals surface area contributed by atoms with E-state index in [1.165, 1.54) is 0 Å². The number of aromatic nitrogens is 1. The Labute approximate surface area is 115 Å². The molecule has 0 unspecified atom stereocenters. The Bertz CT molecular complexity index is 752. The molecule has 0 amide bonds. The number of fused-ring (bicyclic) bond motifs is 1. The number of hydrogen-bond donors (Lipinski definition) is 0. The fourth-order valence-corrected chi connectivity index (χ4v) is 2.82. The number of benzene rings is 2. The quantitative estimate of drug-likeness (QED) is 0.692. The molecule has 0 aliphatic carbocycles. The third-order valence-corrected chi connectivity index (χ3v) is 3.86. The van der Waals surface area contributed by atoms with Crippen molar-refractivity contribution < 1.29 is 0 Å². The standard InChI is InChI=1S/C16H10N2S/c17-11-12-6-8-14(9-7-12)19-15-5-1-3-13-4-2-10-18-16(13)15/h1-10H. The first kappa shape index (κ1) is 11.8. The molecular formula is C16H10N2S. The van der Waals surface area contributed by atoms with E-state index in [4.69, 9.17) is 5.26 Å². The average Bonchev–Trinajstić information content (AvgIpc) is 2.48. The van der Waals surface area contributed by atoms with Crippen LogP contribution in [0.5, 0.6) is 0 Å². The van der Waals surface area contributed by atoms with E-state index in [0.717, 1.165) is 20.7 Å². The summed E-state index contributed by atoms with van der Waals surface area (Å²) in [4.78, 5) is 6.67. The van der Waals surface area contributed by atoms with Crippen LogP contribution in [-0.2, 0) is 0 Å². The molecule has 2 nitrogen and oxygen atoms in total. The first-order chi connectivity index (χ1) is 9.36. The van der Waals surface area contributed by atoms with Gasteiger partial charge in [0.05, 0.1) is 17.1 Å². The second-order valence-electron chi connectivity index (χ2n) is 4.07. The maximum Gasteiger partial charge on any atom is 0.0991 e. The topological polar surface area (TPSA) is 36.7 Å². The number of para-hydroxylation sites is 1. The molecule has 3 aromatic rings. The van der Waals surface area contributed by atoms with Gasteiger partial charge in [-0.25, -0.2) is 0 Å². The van der Waals surface area contributed by atoms with Gasteiger partial charge >= 0.3 is 0 Å². The summed E-state index contributed by atoms with van der Waals surface area (Å²) in [6.45, 7) is 0. The monoisotopic (exact) mass is 262 g/mol. The summed E-state index contributed by atoms with van der Waals surface area (Å²) in [6.07, 6.45) is 1.81. The van der Waals surface area contributed by atoms with Crippen molar-refractivity contribution in [3.05, 3.63) is 66.4 Å². The Morgan fingerprint density at radius 2 is 1.74 bits per heavy atom. The lowest BCUT2D eigenvalue weighted by Crippen LogP contribution is -1.82. The zero-order valence-electron chi connectivity index (χ0n) is 10.1. The molecule has 90 valence electrons. The van der Waals surface area contributed by atoms with Gasteiger partial charge in [-0.15, -0.1) is 0 Å². The fourth-order valence-electron chi connectivity index (χ4n) is 1.88. The summed E-state index contributed by atoms with van der Waals surface area (Å²) in [5.41, 5.74) is 1.69. The lowest BCUT2D eigenvalue weighted by Gasteiger charge is -2.05. The molecule has 0 spiro atoms.